The van der Waals surface area contributed by atoms with E-state index in [1.165, 1.54) is 24.1 Å². The molecule has 1 unspecified atom stereocenters. The first-order chi connectivity index (χ1) is 8.95. The zero-order valence-electron chi connectivity index (χ0n) is 10.9. The number of likely N-dealkylation sites (N-methyl/N-ethyl adjacent to an activating group) is 1. The van der Waals surface area contributed by atoms with Gasteiger partial charge in [0, 0.05) is 19.2 Å². The summed E-state index contributed by atoms with van der Waals surface area (Å²) >= 11 is 0. The molecule has 0 aliphatic rings. The Bertz CT molecular complexity index is 517. The highest BCUT2D eigenvalue weighted by Crippen LogP contribution is 2.12. The standard InChI is InChI=1S/C14H16FNO3/c1-10(18)9-16(2)14(19)12-6-5-11(4-3-7-17)8-13(12)15/h5-6,8,10,17-18H,7,9H2,1-2H3. The van der Waals surface area contributed by atoms with E-state index in [1.54, 1.807) is 6.92 Å². The van der Waals surface area contributed by atoms with Gasteiger partial charge in [-0.3, -0.25) is 4.79 Å². The van der Waals surface area contributed by atoms with Crippen molar-refractivity contribution < 1.29 is 19.4 Å². The number of carbonyl (C=O) groups is 1. The van der Waals surface area contributed by atoms with E-state index in [9.17, 15) is 14.3 Å². The molecule has 5 heteroatoms. The molecule has 1 amide bonds. The fraction of sp³-hybridized carbons (Fsp3) is 0.357. The predicted octanol–water partition coefficient (Wildman–Crippen LogP) is 0.622. The third-order valence-corrected chi connectivity index (χ3v) is 2.40. The number of benzene rings is 1. The van der Waals surface area contributed by atoms with E-state index < -0.39 is 17.8 Å². The van der Waals surface area contributed by atoms with E-state index in [0.717, 1.165) is 6.07 Å². The first-order valence-electron chi connectivity index (χ1n) is 5.78. The van der Waals surface area contributed by atoms with Gasteiger partial charge in [0.2, 0.25) is 0 Å². The van der Waals surface area contributed by atoms with E-state index in [-0.39, 0.29) is 18.7 Å². The van der Waals surface area contributed by atoms with Crippen molar-refractivity contribution in [1.29, 1.82) is 0 Å². The average molecular weight is 265 g/mol. The Kier molecular flexibility index (Phi) is 5.49. The maximum Gasteiger partial charge on any atom is 0.256 e. The maximum atomic E-state index is 13.8. The second-order valence-electron chi connectivity index (χ2n) is 4.19. The van der Waals surface area contributed by atoms with Crippen LogP contribution in [0.25, 0.3) is 0 Å². The second kappa shape index (κ2) is 6.88. The minimum absolute atomic E-state index is 0.0716. The molecule has 1 rings (SSSR count). The molecule has 0 aliphatic carbocycles. The molecule has 102 valence electrons. The van der Waals surface area contributed by atoms with E-state index in [2.05, 4.69) is 11.8 Å². The number of hydrogen-bond acceptors (Lipinski definition) is 3. The zero-order chi connectivity index (χ0) is 14.4. The highest BCUT2D eigenvalue weighted by atomic mass is 19.1. The molecule has 1 aromatic carbocycles. The summed E-state index contributed by atoms with van der Waals surface area (Å²) < 4.78 is 13.8. The van der Waals surface area contributed by atoms with Gasteiger partial charge < -0.3 is 15.1 Å². The Morgan fingerprint density at radius 2 is 2.21 bits per heavy atom. The van der Waals surface area contributed by atoms with Crippen molar-refractivity contribution in [3.8, 4) is 11.8 Å². The number of aliphatic hydroxyl groups excluding tert-OH is 2. The van der Waals surface area contributed by atoms with Gasteiger partial charge in [0.25, 0.3) is 5.91 Å². The predicted molar refractivity (Wildman–Crippen MR) is 69.0 cm³/mol. The average Bonchev–Trinajstić information content (AvgIpc) is 2.34. The van der Waals surface area contributed by atoms with Gasteiger partial charge in [-0.2, -0.15) is 0 Å². The number of amides is 1. The summed E-state index contributed by atoms with van der Waals surface area (Å²) in [6, 6.07) is 4.00. The monoisotopic (exact) mass is 265 g/mol. The van der Waals surface area contributed by atoms with Crippen LogP contribution in [0.15, 0.2) is 18.2 Å². The topological polar surface area (TPSA) is 60.8 Å². The highest BCUT2D eigenvalue weighted by Gasteiger charge is 2.17. The van der Waals surface area contributed by atoms with Gasteiger partial charge in [0.1, 0.15) is 12.4 Å². The van der Waals surface area contributed by atoms with Gasteiger partial charge in [-0.25, -0.2) is 4.39 Å². The molecule has 1 atom stereocenters. The first kappa shape index (κ1) is 15.2. The Morgan fingerprint density at radius 1 is 1.53 bits per heavy atom. The Morgan fingerprint density at radius 3 is 2.74 bits per heavy atom. The van der Waals surface area contributed by atoms with Crippen molar-refractivity contribution in [2.45, 2.75) is 13.0 Å². The van der Waals surface area contributed by atoms with Gasteiger partial charge in [0.15, 0.2) is 0 Å². The van der Waals surface area contributed by atoms with Crippen molar-refractivity contribution in [2.24, 2.45) is 0 Å². The van der Waals surface area contributed by atoms with E-state index in [0.29, 0.717) is 5.56 Å². The van der Waals surface area contributed by atoms with Crippen molar-refractivity contribution >= 4 is 5.91 Å². The zero-order valence-corrected chi connectivity index (χ0v) is 10.9. The Hall–Kier alpha value is -1.90. The van der Waals surface area contributed by atoms with E-state index in [4.69, 9.17) is 5.11 Å². The molecular formula is C14H16FNO3. The number of hydrogen-bond donors (Lipinski definition) is 2. The van der Waals surface area contributed by atoms with Crippen LogP contribution in [-0.4, -0.2) is 47.3 Å². The summed E-state index contributed by atoms with van der Waals surface area (Å²) in [4.78, 5) is 13.2. The van der Waals surface area contributed by atoms with Crippen LogP contribution in [0.3, 0.4) is 0 Å². The molecule has 0 saturated carbocycles. The summed E-state index contributed by atoms with van der Waals surface area (Å²) in [5, 5.41) is 17.7. The van der Waals surface area contributed by atoms with Crippen molar-refractivity contribution in [1.82, 2.24) is 4.90 Å². The largest absolute Gasteiger partial charge is 0.392 e. The maximum absolute atomic E-state index is 13.8. The van der Waals surface area contributed by atoms with Gasteiger partial charge in [0.05, 0.1) is 11.7 Å². The van der Waals surface area contributed by atoms with Crippen LogP contribution in [-0.2, 0) is 0 Å². The number of nitrogens with zero attached hydrogens (tertiary/aromatic N) is 1. The molecule has 0 fully saturated rings. The fourth-order valence-electron chi connectivity index (χ4n) is 1.59. The summed E-state index contributed by atoms with van der Waals surface area (Å²) in [5.41, 5.74) is 0.318. The van der Waals surface area contributed by atoms with Gasteiger partial charge in [-0.05, 0) is 25.1 Å². The third-order valence-electron chi connectivity index (χ3n) is 2.40. The molecule has 4 nitrogen and oxygen atoms in total. The molecule has 2 N–H and O–H groups in total. The van der Waals surface area contributed by atoms with Crippen LogP contribution in [0.2, 0.25) is 0 Å². The van der Waals surface area contributed by atoms with Crippen molar-refractivity contribution in [2.75, 3.05) is 20.2 Å². The molecule has 0 aliphatic heterocycles. The lowest BCUT2D eigenvalue weighted by Crippen LogP contribution is -2.33. The number of aliphatic hydroxyl groups is 2. The minimum atomic E-state index is -0.674. The van der Waals surface area contributed by atoms with E-state index >= 15 is 0 Å². The Labute approximate surface area is 111 Å². The summed E-state index contributed by atoms with van der Waals surface area (Å²) in [5.74, 6) is 3.78. The summed E-state index contributed by atoms with van der Waals surface area (Å²) in [7, 11) is 1.49. The lowest BCUT2D eigenvalue weighted by molar-refractivity contribution is 0.0699. The van der Waals surface area contributed by atoms with Crippen molar-refractivity contribution in [3.63, 3.8) is 0 Å². The normalized spacial score (nSPS) is 11.4. The van der Waals surface area contributed by atoms with E-state index in [1.807, 2.05) is 0 Å². The summed E-state index contributed by atoms with van der Waals surface area (Å²) in [6.07, 6.45) is -0.674. The van der Waals surface area contributed by atoms with Crippen LogP contribution < -0.4 is 0 Å². The minimum Gasteiger partial charge on any atom is -0.392 e. The second-order valence-corrected chi connectivity index (χ2v) is 4.19. The lowest BCUT2D eigenvalue weighted by atomic mass is 10.1. The SMILES string of the molecule is CC(O)CN(C)C(=O)c1ccc(C#CCO)cc1F. The number of rotatable bonds is 3. The number of halogens is 1. The first-order valence-corrected chi connectivity index (χ1v) is 5.78. The quantitative estimate of drug-likeness (QED) is 0.788. The molecule has 0 spiro atoms. The molecule has 0 radical (unpaired) electrons. The highest BCUT2D eigenvalue weighted by molar-refractivity contribution is 5.94. The van der Waals surface area contributed by atoms with Crippen LogP contribution >= 0.6 is 0 Å². The van der Waals surface area contributed by atoms with Gasteiger partial charge >= 0.3 is 0 Å². The molecule has 0 saturated heterocycles. The van der Waals surface area contributed by atoms with Crippen LogP contribution in [0.4, 0.5) is 4.39 Å². The van der Waals surface area contributed by atoms with Crippen LogP contribution in [0.1, 0.15) is 22.8 Å². The molecule has 19 heavy (non-hydrogen) atoms. The van der Waals surface area contributed by atoms with Gasteiger partial charge in [-0.15, -0.1) is 0 Å². The Balaban J connectivity index is 2.93. The van der Waals surface area contributed by atoms with Crippen LogP contribution in [0.5, 0.6) is 0 Å². The molecule has 0 heterocycles. The molecule has 0 bridgehead atoms. The number of carbonyl (C=O) groups excluding carboxylic acids is 1. The van der Waals surface area contributed by atoms with Crippen LogP contribution in [0, 0.1) is 17.7 Å². The molecule has 1 aromatic rings. The van der Waals surface area contributed by atoms with Gasteiger partial charge in [-0.1, -0.05) is 11.8 Å². The fourth-order valence-corrected chi connectivity index (χ4v) is 1.59. The summed E-state index contributed by atoms with van der Waals surface area (Å²) in [6.45, 7) is 1.37. The smallest absolute Gasteiger partial charge is 0.256 e. The van der Waals surface area contributed by atoms with Crippen molar-refractivity contribution in [3.05, 3.63) is 35.1 Å². The third kappa shape index (κ3) is 4.36. The molecule has 0 aromatic heterocycles. The lowest BCUT2D eigenvalue weighted by Gasteiger charge is -2.19. The molecular weight excluding hydrogens is 249 g/mol.